The van der Waals surface area contributed by atoms with Crippen LogP contribution < -0.4 is 5.32 Å². The lowest BCUT2D eigenvalue weighted by Crippen LogP contribution is -2.20. The number of rotatable bonds is 4. The lowest BCUT2D eigenvalue weighted by molar-refractivity contribution is -0.138. The fraction of sp³-hybridized carbons (Fsp3) is 0.286. The van der Waals surface area contributed by atoms with Crippen molar-refractivity contribution in [3.63, 3.8) is 0 Å². The van der Waals surface area contributed by atoms with Crippen LogP contribution in [0.4, 0.5) is 13.2 Å². The molecule has 0 fully saturated rings. The lowest BCUT2D eigenvalue weighted by atomic mass is 10.1. The predicted molar refractivity (Wildman–Crippen MR) is 65.4 cm³/mol. The van der Waals surface area contributed by atoms with E-state index in [0.29, 0.717) is 5.76 Å². The number of nitrogens with one attached hydrogen (secondary N) is 1. The van der Waals surface area contributed by atoms with Crippen molar-refractivity contribution in [3.8, 4) is 0 Å². The van der Waals surface area contributed by atoms with E-state index in [4.69, 9.17) is 4.42 Å². The van der Waals surface area contributed by atoms with Crippen LogP contribution in [0.2, 0.25) is 0 Å². The molecule has 2 nitrogen and oxygen atoms in total. The Morgan fingerprint density at radius 1 is 1.16 bits per heavy atom. The molecule has 0 radical (unpaired) electrons. The van der Waals surface area contributed by atoms with Gasteiger partial charge in [0.25, 0.3) is 0 Å². The molecule has 0 aliphatic rings. The summed E-state index contributed by atoms with van der Waals surface area (Å²) in [7, 11) is 0. The van der Waals surface area contributed by atoms with Gasteiger partial charge in [-0.15, -0.1) is 0 Å². The highest BCUT2D eigenvalue weighted by Crippen LogP contribution is 2.32. The van der Waals surface area contributed by atoms with Gasteiger partial charge in [-0.05, 0) is 30.7 Å². The van der Waals surface area contributed by atoms with Crippen LogP contribution in [-0.2, 0) is 12.7 Å². The van der Waals surface area contributed by atoms with Crippen molar-refractivity contribution in [2.75, 3.05) is 0 Å². The second-order valence-electron chi connectivity index (χ2n) is 4.27. The minimum atomic E-state index is -4.33. The van der Waals surface area contributed by atoms with E-state index in [0.717, 1.165) is 6.07 Å². The summed E-state index contributed by atoms with van der Waals surface area (Å²) < 4.78 is 43.6. The van der Waals surface area contributed by atoms with Crippen LogP contribution in [0.25, 0.3) is 0 Å². The van der Waals surface area contributed by atoms with Gasteiger partial charge in [0, 0.05) is 6.54 Å². The first-order valence-corrected chi connectivity index (χ1v) is 5.90. The van der Waals surface area contributed by atoms with Crippen LogP contribution in [0.1, 0.15) is 29.9 Å². The number of hydrogen-bond donors (Lipinski definition) is 1. The summed E-state index contributed by atoms with van der Waals surface area (Å²) in [6.45, 7) is 1.98. The third kappa shape index (κ3) is 3.38. The molecule has 0 saturated carbocycles. The molecule has 0 spiro atoms. The zero-order chi connectivity index (χ0) is 13.9. The molecule has 102 valence electrons. The van der Waals surface area contributed by atoms with Crippen molar-refractivity contribution in [2.45, 2.75) is 25.7 Å². The number of alkyl halides is 3. The Balaban J connectivity index is 2.08. The maximum Gasteiger partial charge on any atom is 0.416 e. The SMILES string of the molecule is C[C@@H](NCc1ccccc1C(F)(F)F)c1ccco1. The fourth-order valence-corrected chi connectivity index (χ4v) is 1.85. The van der Waals surface area contributed by atoms with Crippen molar-refractivity contribution < 1.29 is 17.6 Å². The van der Waals surface area contributed by atoms with Crippen molar-refractivity contribution in [2.24, 2.45) is 0 Å². The first-order valence-electron chi connectivity index (χ1n) is 5.90. The molecule has 5 heteroatoms. The third-order valence-corrected chi connectivity index (χ3v) is 2.89. The van der Waals surface area contributed by atoms with E-state index in [2.05, 4.69) is 5.32 Å². The number of furan rings is 1. The highest BCUT2D eigenvalue weighted by atomic mass is 19.4. The van der Waals surface area contributed by atoms with Gasteiger partial charge < -0.3 is 9.73 Å². The van der Waals surface area contributed by atoms with Gasteiger partial charge >= 0.3 is 6.18 Å². The van der Waals surface area contributed by atoms with E-state index < -0.39 is 11.7 Å². The Labute approximate surface area is 109 Å². The Morgan fingerprint density at radius 3 is 2.53 bits per heavy atom. The quantitative estimate of drug-likeness (QED) is 0.902. The Kier molecular flexibility index (Phi) is 3.95. The average Bonchev–Trinajstić information content (AvgIpc) is 2.89. The molecule has 0 saturated heterocycles. The number of hydrogen-bond acceptors (Lipinski definition) is 2. The minimum absolute atomic E-state index is 0.136. The average molecular weight is 269 g/mol. The van der Waals surface area contributed by atoms with E-state index in [1.165, 1.54) is 18.4 Å². The zero-order valence-electron chi connectivity index (χ0n) is 10.4. The van der Waals surface area contributed by atoms with Gasteiger partial charge in [0.15, 0.2) is 0 Å². The summed E-state index contributed by atoms with van der Waals surface area (Å²) in [6, 6.07) is 8.95. The highest BCUT2D eigenvalue weighted by molar-refractivity contribution is 5.29. The third-order valence-electron chi connectivity index (χ3n) is 2.89. The number of benzene rings is 1. The van der Waals surface area contributed by atoms with Gasteiger partial charge in [-0.3, -0.25) is 0 Å². The van der Waals surface area contributed by atoms with E-state index >= 15 is 0 Å². The topological polar surface area (TPSA) is 25.2 Å². The summed E-state index contributed by atoms with van der Waals surface area (Å²) in [5.74, 6) is 0.699. The molecule has 0 aliphatic carbocycles. The van der Waals surface area contributed by atoms with Gasteiger partial charge in [-0.2, -0.15) is 13.2 Å². The maximum absolute atomic E-state index is 12.8. The Hall–Kier alpha value is -1.75. The van der Waals surface area contributed by atoms with Crippen LogP contribution in [0.3, 0.4) is 0 Å². The summed E-state index contributed by atoms with van der Waals surface area (Å²) in [5.41, 5.74) is -0.373. The van der Waals surface area contributed by atoms with Gasteiger partial charge in [-0.25, -0.2) is 0 Å². The molecule has 0 aliphatic heterocycles. The second-order valence-corrected chi connectivity index (χ2v) is 4.27. The summed E-state index contributed by atoms with van der Waals surface area (Å²) in [5, 5.41) is 3.02. The van der Waals surface area contributed by atoms with Crippen molar-refractivity contribution in [1.29, 1.82) is 0 Å². The Morgan fingerprint density at radius 2 is 1.89 bits per heavy atom. The smallest absolute Gasteiger partial charge is 0.416 e. The lowest BCUT2D eigenvalue weighted by Gasteiger charge is -2.15. The Bertz CT molecular complexity index is 520. The molecule has 0 amide bonds. The minimum Gasteiger partial charge on any atom is -0.468 e. The molecule has 19 heavy (non-hydrogen) atoms. The van der Waals surface area contributed by atoms with Crippen molar-refractivity contribution in [3.05, 3.63) is 59.5 Å². The summed E-state index contributed by atoms with van der Waals surface area (Å²) >= 11 is 0. The molecule has 1 atom stereocenters. The standard InChI is InChI=1S/C14H14F3NO/c1-10(13-7-4-8-19-13)18-9-11-5-2-3-6-12(11)14(15,16)17/h2-8,10,18H,9H2,1H3/t10-/m1/s1. The van der Waals surface area contributed by atoms with Gasteiger partial charge in [-0.1, -0.05) is 18.2 Å². The van der Waals surface area contributed by atoms with Crippen LogP contribution in [0, 0.1) is 0 Å². The molecule has 2 rings (SSSR count). The van der Waals surface area contributed by atoms with Crippen LogP contribution in [-0.4, -0.2) is 0 Å². The molecule has 1 heterocycles. The summed E-state index contributed by atoms with van der Waals surface area (Å²) in [4.78, 5) is 0. The fourth-order valence-electron chi connectivity index (χ4n) is 1.85. The van der Waals surface area contributed by atoms with E-state index in [1.807, 2.05) is 6.92 Å². The van der Waals surface area contributed by atoms with E-state index in [-0.39, 0.29) is 18.2 Å². The van der Waals surface area contributed by atoms with Crippen molar-refractivity contribution >= 4 is 0 Å². The zero-order valence-corrected chi connectivity index (χ0v) is 10.4. The van der Waals surface area contributed by atoms with E-state index in [1.54, 1.807) is 18.2 Å². The normalized spacial score (nSPS) is 13.5. The van der Waals surface area contributed by atoms with Gasteiger partial charge in [0.2, 0.25) is 0 Å². The predicted octanol–water partition coefficient (Wildman–Crippen LogP) is 4.15. The molecule has 1 aromatic heterocycles. The number of halogens is 3. The summed E-state index contributed by atoms with van der Waals surface area (Å²) in [6.07, 6.45) is -2.79. The van der Waals surface area contributed by atoms with E-state index in [9.17, 15) is 13.2 Å². The molecular formula is C14H14F3NO. The van der Waals surface area contributed by atoms with Gasteiger partial charge in [0.05, 0.1) is 17.9 Å². The van der Waals surface area contributed by atoms with Crippen LogP contribution >= 0.6 is 0 Å². The van der Waals surface area contributed by atoms with Crippen LogP contribution in [0.5, 0.6) is 0 Å². The maximum atomic E-state index is 12.8. The molecular weight excluding hydrogens is 255 g/mol. The molecule has 0 unspecified atom stereocenters. The molecule has 0 bridgehead atoms. The highest BCUT2D eigenvalue weighted by Gasteiger charge is 2.32. The monoisotopic (exact) mass is 269 g/mol. The molecule has 1 aromatic carbocycles. The van der Waals surface area contributed by atoms with Crippen molar-refractivity contribution in [1.82, 2.24) is 5.32 Å². The first-order chi connectivity index (χ1) is 8.98. The largest absolute Gasteiger partial charge is 0.468 e. The van der Waals surface area contributed by atoms with Gasteiger partial charge in [0.1, 0.15) is 5.76 Å². The molecule has 1 N–H and O–H groups in total. The first kappa shape index (κ1) is 13.7. The second kappa shape index (κ2) is 5.48. The van der Waals surface area contributed by atoms with Crippen LogP contribution in [0.15, 0.2) is 47.1 Å². The molecule has 2 aromatic rings.